The Hall–Kier alpha value is -2.13. The van der Waals surface area contributed by atoms with E-state index in [1.807, 2.05) is 24.6 Å². The number of aromatic nitrogens is 2. The average Bonchev–Trinajstić information content (AvgIpc) is 2.74. The van der Waals surface area contributed by atoms with Crippen molar-refractivity contribution in [1.82, 2.24) is 9.97 Å². The van der Waals surface area contributed by atoms with Gasteiger partial charge in [-0.15, -0.1) is 11.3 Å². The van der Waals surface area contributed by atoms with Gasteiger partial charge < -0.3 is 5.32 Å². The fourth-order valence-electron chi connectivity index (χ4n) is 1.27. The molecule has 0 radical (unpaired) electrons. The first kappa shape index (κ1) is 11.4. The molecule has 0 aromatic carbocycles. The highest BCUT2D eigenvalue weighted by molar-refractivity contribution is 7.14. The highest BCUT2D eigenvalue weighted by atomic mass is 32.1. The van der Waals surface area contributed by atoms with Crippen molar-refractivity contribution < 1.29 is 0 Å². The quantitative estimate of drug-likeness (QED) is 0.665. The van der Waals surface area contributed by atoms with Crippen LogP contribution in [0, 0.1) is 18.4 Å². The Morgan fingerprint density at radius 1 is 1.47 bits per heavy atom. The van der Waals surface area contributed by atoms with Crippen LogP contribution in [0.4, 0.5) is 16.6 Å². The molecule has 1 N–H and O–H groups in total. The maximum Gasteiger partial charge on any atom is 0.185 e. The molecule has 2 heterocycles. The highest BCUT2D eigenvalue weighted by Gasteiger charge is 2.05. The topological polar surface area (TPSA) is 64.8 Å². The van der Waals surface area contributed by atoms with E-state index in [1.165, 1.54) is 16.8 Å². The van der Waals surface area contributed by atoms with E-state index in [0.29, 0.717) is 11.6 Å². The zero-order valence-electron chi connectivity index (χ0n) is 9.51. The summed E-state index contributed by atoms with van der Waals surface area (Å²) in [7, 11) is 1.66. The van der Waals surface area contributed by atoms with Gasteiger partial charge >= 0.3 is 0 Å². The van der Waals surface area contributed by atoms with E-state index < -0.39 is 0 Å². The first-order chi connectivity index (χ1) is 8.20. The van der Waals surface area contributed by atoms with Gasteiger partial charge in [0.2, 0.25) is 0 Å². The van der Waals surface area contributed by atoms with Crippen molar-refractivity contribution in [1.29, 1.82) is 5.26 Å². The van der Waals surface area contributed by atoms with Crippen LogP contribution in [0.15, 0.2) is 23.8 Å². The number of nitriles is 1. The predicted octanol–water partition coefficient (Wildman–Crippen LogP) is 2.51. The fourth-order valence-corrected chi connectivity index (χ4v) is 2.09. The molecule has 2 rings (SSSR count). The smallest absolute Gasteiger partial charge is 0.185 e. The Bertz CT molecular complexity index is 557. The molecule has 0 bridgehead atoms. The van der Waals surface area contributed by atoms with Gasteiger partial charge in [0.1, 0.15) is 18.0 Å². The van der Waals surface area contributed by atoms with Crippen molar-refractivity contribution in [2.45, 2.75) is 6.92 Å². The van der Waals surface area contributed by atoms with Gasteiger partial charge in [0.15, 0.2) is 6.19 Å². The summed E-state index contributed by atoms with van der Waals surface area (Å²) in [6, 6.07) is 3.78. The summed E-state index contributed by atoms with van der Waals surface area (Å²) in [6.45, 7) is 2.03. The zero-order chi connectivity index (χ0) is 12.3. The van der Waals surface area contributed by atoms with Gasteiger partial charge in [0.25, 0.3) is 0 Å². The normalized spacial score (nSPS) is 9.71. The standard InChI is InChI=1S/C11H11N5S/c1-8-3-4-17-11(8)15-9-5-10(14-7-13-9)16(2)6-12/h3-5,7H,1-2H3,(H,13,14,15). The second kappa shape index (κ2) is 4.80. The molecular formula is C11H11N5S. The molecule has 0 atom stereocenters. The lowest BCUT2D eigenvalue weighted by molar-refractivity contribution is 1.08. The van der Waals surface area contributed by atoms with E-state index in [1.54, 1.807) is 24.5 Å². The van der Waals surface area contributed by atoms with Crippen LogP contribution in [0.25, 0.3) is 0 Å². The van der Waals surface area contributed by atoms with E-state index in [2.05, 4.69) is 15.3 Å². The minimum absolute atomic E-state index is 0.569. The van der Waals surface area contributed by atoms with Crippen molar-refractivity contribution in [3.8, 4) is 6.19 Å². The second-order valence-corrected chi connectivity index (χ2v) is 4.39. The number of thiophene rings is 1. The molecule has 6 heteroatoms. The maximum atomic E-state index is 8.78. The molecule has 0 unspecified atom stereocenters. The fraction of sp³-hybridized carbons (Fsp3) is 0.182. The maximum absolute atomic E-state index is 8.78. The van der Waals surface area contributed by atoms with Crippen LogP contribution >= 0.6 is 11.3 Å². The third-order valence-corrected chi connectivity index (χ3v) is 3.18. The number of nitrogens with zero attached hydrogens (tertiary/aromatic N) is 4. The molecule has 0 aliphatic rings. The lowest BCUT2D eigenvalue weighted by Crippen LogP contribution is -2.10. The predicted molar refractivity (Wildman–Crippen MR) is 68.4 cm³/mol. The molecule has 2 aromatic rings. The van der Waals surface area contributed by atoms with E-state index in [9.17, 15) is 0 Å². The Kier molecular flexibility index (Phi) is 3.21. The molecule has 0 spiro atoms. The van der Waals surface area contributed by atoms with Crippen molar-refractivity contribution in [2.24, 2.45) is 0 Å². The number of aryl methyl sites for hydroxylation is 1. The number of hydrogen-bond donors (Lipinski definition) is 1. The lowest BCUT2D eigenvalue weighted by Gasteiger charge is -2.09. The van der Waals surface area contributed by atoms with Crippen LogP contribution in [-0.2, 0) is 0 Å². The number of nitrogens with one attached hydrogen (secondary N) is 1. The van der Waals surface area contributed by atoms with Gasteiger partial charge in [-0.25, -0.2) is 9.97 Å². The molecule has 17 heavy (non-hydrogen) atoms. The third kappa shape index (κ3) is 2.52. The molecule has 5 nitrogen and oxygen atoms in total. The largest absolute Gasteiger partial charge is 0.332 e. The summed E-state index contributed by atoms with van der Waals surface area (Å²) in [4.78, 5) is 9.52. The van der Waals surface area contributed by atoms with Crippen molar-refractivity contribution in [3.63, 3.8) is 0 Å². The Morgan fingerprint density at radius 2 is 2.29 bits per heavy atom. The van der Waals surface area contributed by atoms with Crippen LogP contribution in [0.5, 0.6) is 0 Å². The molecular weight excluding hydrogens is 234 g/mol. The van der Waals surface area contributed by atoms with Crippen LogP contribution in [0.3, 0.4) is 0 Å². The second-order valence-electron chi connectivity index (χ2n) is 3.48. The SMILES string of the molecule is Cc1ccsc1Nc1cc(N(C)C#N)ncn1. The summed E-state index contributed by atoms with van der Waals surface area (Å²) >= 11 is 1.61. The zero-order valence-corrected chi connectivity index (χ0v) is 10.3. The molecule has 86 valence electrons. The molecule has 0 aliphatic carbocycles. The lowest BCUT2D eigenvalue weighted by atomic mass is 10.3. The first-order valence-corrected chi connectivity index (χ1v) is 5.85. The van der Waals surface area contributed by atoms with E-state index in [-0.39, 0.29) is 0 Å². The summed E-state index contributed by atoms with van der Waals surface area (Å²) in [5.41, 5.74) is 1.17. The van der Waals surface area contributed by atoms with Crippen LogP contribution < -0.4 is 10.2 Å². The van der Waals surface area contributed by atoms with Crippen LogP contribution in [0.2, 0.25) is 0 Å². The van der Waals surface area contributed by atoms with Crippen molar-refractivity contribution >= 4 is 28.0 Å². The first-order valence-electron chi connectivity index (χ1n) is 4.97. The van der Waals surface area contributed by atoms with Gasteiger partial charge in [-0.05, 0) is 23.9 Å². The molecule has 0 aliphatic heterocycles. The van der Waals surface area contributed by atoms with Gasteiger partial charge in [-0.3, -0.25) is 4.90 Å². The summed E-state index contributed by atoms with van der Waals surface area (Å²) in [5.74, 6) is 1.25. The number of hydrogen-bond acceptors (Lipinski definition) is 6. The molecule has 0 fully saturated rings. The molecule has 0 amide bonds. The van der Waals surface area contributed by atoms with Gasteiger partial charge in [-0.2, -0.15) is 5.26 Å². The van der Waals surface area contributed by atoms with Gasteiger partial charge in [0.05, 0.1) is 5.00 Å². The monoisotopic (exact) mass is 245 g/mol. The summed E-state index contributed by atoms with van der Waals surface area (Å²) in [6.07, 6.45) is 3.44. The Labute approximate surface area is 103 Å². The summed E-state index contributed by atoms with van der Waals surface area (Å²) in [5, 5.41) is 15.0. The van der Waals surface area contributed by atoms with Gasteiger partial charge in [0, 0.05) is 13.1 Å². The third-order valence-electron chi connectivity index (χ3n) is 2.25. The Morgan fingerprint density at radius 3 is 2.94 bits per heavy atom. The van der Waals surface area contributed by atoms with Crippen LogP contribution in [-0.4, -0.2) is 17.0 Å². The van der Waals surface area contributed by atoms with Crippen LogP contribution in [0.1, 0.15) is 5.56 Å². The number of anilines is 3. The van der Waals surface area contributed by atoms with E-state index >= 15 is 0 Å². The number of rotatable bonds is 3. The minimum atomic E-state index is 0.569. The molecule has 0 saturated heterocycles. The van der Waals surface area contributed by atoms with E-state index in [4.69, 9.17) is 5.26 Å². The highest BCUT2D eigenvalue weighted by Crippen LogP contribution is 2.26. The minimum Gasteiger partial charge on any atom is -0.332 e. The van der Waals surface area contributed by atoms with Crippen molar-refractivity contribution in [2.75, 3.05) is 17.3 Å². The Balaban J connectivity index is 2.23. The molecule has 0 saturated carbocycles. The van der Waals surface area contributed by atoms with Gasteiger partial charge in [-0.1, -0.05) is 0 Å². The van der Waals surface area contributed by atoms with E-state index in [0.717, 1.165) is 5.00 Å². The summed E-state index contributed by atoms with van der Waals surface area (Å²) < 4.78 is 0. The average molecular weight is 245 g/mol. The molecule has 2 aromatic heterocycles. The van der Waals surface area contributed by atoms with Crippen molar-refractivity contribution in [3.05, 3.63) is 29.4 Å².